The van der Waals surface area contributed by atoms with Crippen LogP contribution in [0, 0.1) is 0 Å². The van der Waals surface area contributed by atoms with E-state index in [0.717, 1.165) is 0 Å². The predicted molar refractivity (Wildman–Crippen MR) is 38.4 cm³/mol. The molecular formula is C5H12NO3S-. The molecule has 0 saturated heterocycles. The summed E-state index contributed by atoms with van der Waals surface area (Å²) in [6.07, 6.45) is 0.672. The molecule has 2 N–H and O–H groups in total. The molecule has 62 valence electrons. The fourth-order valence-corrected chi connectivity index (χ4v) is 0.796. The molecule has 0 aromatic carbocycles. The van der Waals surface area contributed by atoms with Gasteiger partial charge in [-0.25, -0.2) is 0 Å². The molecule has 0 heterocycles. The van der Waals surface area contributed by atoms with E-state index in [2.05, 4.69) is 5.32 Å². The van der Waals surface area contributed by atoms with Crippen molar-refractivity contribution in [3.63, 3.8) is 0 Å². The first kappa shape index (κ1) is 10.0. The molecule has 0 aliphatic rings. The number of nitrogens with one attached hydrogen (secondary N) is 1. The highest BCUT2D eigenvalue weighted by Gasteiger charge is 1.85. The monoisotopic (exact) mass is 166 g/mol. The smallest absolute Gasteiger partial charge is 0.0443 e. The van der Waals surface area contributed by atoms with Gasteiger partial charge in [0.25, 0.3) is 0 Å². The van der Waals surface area contributed by atoms with Crippen molar-refractivity contribution >= 4 is 11.1 Å². The van der Waals surface area contributed by atoms with Crippen molar-refractivity contribution in [1.82, 2.24) is 5.32 Å². The third-order valence-corrected chi connectivity index (χ3v) is 1.49. The Balaban J connectivity index is 2.84. The molecule has 0 saturated carbocycles. The Morgan fingerprint density at radius 3 is 2.70 bits per heavy atom. The molecular weight excluding hydrogens is 154 g/mol. The third-order valence-electron chi connectivity index (χ3n) is 0.957. The molecule has 0 spiro atoms. The Hall–Kier alpha value is 0.0300. The van der Waals surface area contributed by atoms with Gasteiger partial charge >= 0.3 is 0 Å². The van der Waals surface area contributed by atoms with Crippen molar-refractivity contribution in [1.29, 1.82) is 0 Å². The van der Waals surface area contributed by atoms with Crippen molar-refractivity contribution < 1.29 is 13.9 Å². The second-order valence-electron chi connectivity index (χ2n) is 1.84. The number of hydrogen-bond acceptors (Lipinski definition) is 4. The van der Waals surface area contributed by atoms with Crippen molar-refractivity contribution in [2.24, 2.45) is 0 Å². The van der Waals surface area contributed by atoms with Gasteiger partial charge in [-0.3, -0.25) is 4.21 Å². The van der Waals surface area contributed by atoms with Gasteiger partial charge < -0.3 is 15.0 Å². The molecule has 5 heteroatoms. The molecule has 10 heavy (non-hydrogen) atoms. The van der Waals surface area contributed by atoms with Crippen LogP contribution in [0.15, 0.2) is 0 Å². The van der Waals surface area contributed by atoms with Gasteiger partial charge in [-0.2, -0.15) is 0 Å². The Morgan fingerprint density at radius 2 is 2.20 bits per heavy atom. The summed E-state index contributed by atoms with van der Waals surface area (Å²) in [5.41, 5.74) is 0. The molecule has 0 aromatic rings. The third kappa shape index (κ3) is 8.03. The van der Waals surface area contributed by atoms with Crippen LogP contribution in [-0.2, 0) is 11.1 Å². The summed E-state index contributed by atoms with van der Waals surface area (Å²) < 4.78 is 19.9. The van der Waals surface area contributed by atoms with Crippen molar-refractivity contribution in [2.45, 2.75) is 6.42 Å². The fraction of sp³-hybridized carbons (Fsp3) is 1.00. The standard InChI is InChI=1S/C5H13NO3S/c7-4-1-2-6-3-5-10(8)9/h6-7H,1-5H2,(H,8,9)/p-1. The van der Waals surface area contributed by atoms with Gasteiger partial charge in [0.15, 0.2) is 0 Å². The summed E-state index contributed by atoms with van der Waals surface area (Å²) >= 11 is -1.95. The van der Waals surface area contributed by atoms with E-state index >= 15 is 0 Å². The van der Waals surface area contributed by atoms with Gasteiger partial charge in [0.2, 0.25) is 0 Å². The van der Waals surface area contributed by atoms with Crippen LogP contribution in [0.2, 0.25) is 0 Å². The first-order chi connectivity index (χ1) is 4.77. The van der Waals surface area contributed by atoms with Gasteiger partial charge in [0, 0.05) is 18.9 Å². The number of rotatable bonds is 6. The predicted octanol–water partition coefficient (Wildman–Crippen LogP) is -1.16. The molecule has 0 fully saturated rings. The molecule has 1 unspecified atom stereocenters. The number of aliphatic hydroxyl groups is 1. The zero-order chi connectivity index (χ0) is 7.82. The first-order valence-electron chi connectivity index (χ1n) is 3.15. The van der Waals surface area contributed by atoms with Crippen LogP contribution >= 0.6 is 0 Å². The highest BCUT2D eigenvalue weighted by Crippen LogP contribution is 1.73. The Labute approximate surface area is 62.9 Å². The average molecular weight is 166 g/mol. The summed E-state index contributed by atoms with van der Waals surface area (Å²) in [7, 11) is 0. The van der Waals surface area contributed by atoms with E-state index in [1.807, 2.05) is 0 Å². The van der Waals surface area contributed by atoms with Crippen LogP contribution in [0.1, 0.15) is 6.42 Å². The normalized spacial score (nSPS) is 13.4. The van der Waals surface area contributed by atoms with E-state index in [0.29, 0.717) is 19.5 Å². The largest absolute Gasteiger partial charge is 0.772 e. The van der Waals surface area contributed by atoms with E-state index in [-0.39, 0.29) is 12.4 Å². The summed E-state index contributed by atoms with van der Waals surface area (Å²) in [6, 6.07) is 0. The molecule has 0 bridgehead atoms. The van der Waals surface area contributed by atoms with E-state index in [1.54, 1.807) is 0 Å². The highest BCUT2D eigenvalue weighted by atomic mass is 32.2. The molecule has 4 nitrogen and oxygen atoms in total. The Kier molecular flexibility index (Phi) is 7.16. The van der Waals surface area contributed by atoms with Gasteiger partial charge in [-0.15, -0.1) is 0 Å². The van der Waals surface area contributed by atoms with Crippen LogP contribution in [0.4, 0.5) is 0 Å². The number of aliphatic hydroxyl groups excluding tert-OH is 1. The molecule has 1 atom stereocenters. The van der Waals surface area contributed by atoms with Crippen LogP contribution in [0.5, 0.6) is 0 Å². The van der Waals surface area contributed by atoms with Crippen molar-refractivity contribution in [3.05, 3.63) is 0 Å². The lowest BCUT2D eigenvalue weighted by Crippen LogP contribution is -2.21. The van der Waals surface area contributed by atoms with Gasteiger partial charge in [-0.1, -0.05) is 11.1 Å². The maximum absolute atomic E-state index is 9.94. The lowest BCUT2D eigenvalue weighted by atomic mass is 10.4. The second kappa shape index (κ2) is 7.14. The fourth-order valence-electron chi connectivity index (χ4n) is 0.485. The molecule has 0 radical (unpaired) electrons. The average Bonchev–Trinajstić information content (AvgIpc) is 1.87. The van der Waals surface area contributed by atoms with E-state index in [9.17, 15) is 8.76 Å². The van der Waals surface area contributed by atoms with Crippen LogP contribution in [0.3, 0.4) is 0 Å². The quantitative estimate of drug-likeness (QED) is 0.385. The molecule has 0 aliphatic carbocycles. The van der Waals surface area contributed by atoms with Gasteiger partial charge in [0.1, 0.15) is 0 Å². The first-order valence-corrected chi connectivity index (χ1v) is 4.39. The SMILES string of the molecule is O=S([O-])CCNCCCO. The highest BCUT2D eigenvalue weighted by molar-refractivity contribution is 7.79. The summed E-state index contributed by atoms with van der Waals surface area (Å²) in [6.45, 7) is 1.29. The zero-order valence-corrected chi connectivity index (χ0v) is 6.52. The van der Waals surface area contributed by atoms with Crippen LogP contribution in [0.25, 0.3) is 0 Å². The molecule has 0 aromatic heterocycles. The minimum Gasteiger partial charge on any atom is -0.772 e. The molecule has 0 aliphatic heterocycles. The Morgan fingerprint density at radius 1 is 1.50 bits per heavy atom. The van der Waals surface area contributed by atoms with E-state index in [4.69, 9.17) is 5.11 Å². The van der Waals surface area contributed by atoms with Crippen LogP contribution < -0.4 is 5.32 Å². The minimum atomic E-state index is -1.95. The zero-order valence-electron chi connectivity index (χ0n) is 5.71. The summed E-state index contributed by atoms with van der Waals surface area (Å²) in [5.74, 6) is 0.144. The van der Waals surface area contributed by atoms with Crippen LogP contribution in [-0.4, -0.2) is 39.3 Å². The minimum absolute atomic E-state index is 0.144. The molecule has 0 amide bonds. The topological polar surface area (TPSA) is 72.4 Å². The lowest BCUT2D eigenvalue weighted by molar-refractivity contribution is 0.286. The van der Waals surface area contributed by atoms with Gasteiger partial charge in [-0.05, 0) is 13.0 Å². The lowest BCUT2D eigenvalue weighted by Gasteiger charge is -2.04. The maximum Gasteiger partial charge on any atom is 0.0443 e. The second-order valence-corrected chi connectivity index (χ2v) is 2.85. The van der Waals surface area contributed by atoms with Gasteiger partial charge in [0.05, 0.1) is 0 Å². The molecule has 0 rings (SSSR count). The van der Waals surface area contributed by atoms with Crippen molar-refractivity contribution in [2.75, 3.05) is 25.4 Å². The van der Waals surface area contributed by atoms with Crippen molar-refractivity contribution in [3.8, 4) is 0 Å². The maximum atomic E-state index is 9.94. The summed E-state index contributed by atoms with van der Waals surface area (Å²) in [4.78, 5) is 0. The Bertz CT molecular complexity index is 98.9. The van der Waals surface area contributed by atoms with E-state index < -0.39 is 11.1 Å². The summed E-state index contributed by atoms with van der Waals surface area (Å²) in [5, 5.41) is 11.2. The van der Waals surface area contributed by atoms with E-state index in [1.165, 1.54) is 0 Å². The number of hydrogen-bond donors (Lipinski definition) is 2.